The number of phenols is 2. The highest BCUT2D eigenvalue weighted by molar-refractivity contribution is 6.01. The number of hydrogen-bond acceptors (Lipinski definition) is 3. The molecule has 0 fully saturated rings. The monoisotopic (exact) mass is 304 g/mol. The first-order valence-corrected chi connectivity index (χ1v) is 7.09. The summed E-state index contributed by atoms with van der Waals surface area (Å²) in [6.45, 7) is 0. The summed E-state index contributed by atoms with van der Waals surface area (Å²) in [5.41, 5.74) is 1.84. The highest BCUT2D eigenvalue weighted by Gasteiger charge is 2.20. The molecule has 0 saturated heterocycles. The maximum Gasteiger partial charge on any atom is 0.171 e. The first kappa shape index (κ1) is 16.2. The van der Waals surface area contributed by atoms with E-state index < -0.39 is 5.75 Å². The quantitative estimate of drug-likeness (QED) is 0.507. The zero-order chi connectivity index (χ0) is 16.8. The number of aromatic hydroxyl groups is 2. The van der Waals surface area contributed by atoms with E-state index in [2.05, 4.69) is 11.8 Å². The number of Topliss-reactive ketones (excluding diaryl/α,β-unsaturated/α-hetero) is 1. The second-order valence-electron chi connectivity index (χ2n) is 5.11. The Morgan fingerprint density at radius 2 is 1.65 bits per heavy atom. The molecule has 0 radical (unpaired) electrons. The molecule has 0 atom stereocenters. The van der Waals surface area contributed by atoms with Gasteiger partial charge in [0, 0.05) is 24.8 Å². The van der Waals surface area contributed by atoms with Crippen LogP contribution in [0.5, 0.6) is 11.5 Å². The van der Waals surface area contributed by atoms with Gasteiger partial charge < -0.3 is 10.2 Å². The number of carbonyl (C=O) groups excluding carboxylic acids is 1. The molecule has 0 amide bonds. The number of rotatable bonds is 5. The average Bonchev–Trinajstić information content (AvgIpc) is 2.55. The van der Waals surface area contributed by atoms with E-state index >= 15 is 0 Å². The van der Waals surface area contributed by atoms with Gasteiger partial charge in [-0.2, -0.15) is 0 Å². The standard InChI is InChI=1S/C20H16O3/c1-3-8-15-13-17(20(23)19(22)16(15)9-4-2)18(21)12-14-10-6-5-7-11-14/h1-2,5-7,10-11,13,22-23H,8-9,12H2. The molecule has 114 valence electrons. The molecule has 0 aromatic heterocycles. The van der Waals surface area contributed by atoms with Crippen LogP contribution in [0.15, 0.2) is 36.4 Å². The molecule has 2 rings (SSSR count). The van der Waals surface area contributed by atoms with Gasteiger partial charge in [0.15, 0.2) is 17.3 Å². The first-order chi connectivity index (χ1) is 11.1. The molecule has 0 saturated carbocycles. The van der Waals surface area contributed by atoms with Gasteiger partial charge in [-0.15, -0.1) is 24.7 Å². The van der Waals surface area contributed by atoms with E-state index in [0.29, 0.717) is 11.1 Å². The molecule has 0 spiro atoms. The van der Waals surface area contributed by atoms with E-state index in [0.717, 1.165) is 5.56 Å². The average molecular weight is 304 g/mol. The molecule has 3 heteroatoms. The van der Waals surface area contributed by atoms with Crippen molar-refractivity contribution in [2.45, 2.75) is 19.3 Å². The Kier molecular flexibility index (Phi) is 5.07. The lowest BCUT2D eigenvalue weighted by Crippen LogP contribution is -2.07. The predicted molar refractivity (Wildman–Crippen MR) is 89.3 cm³/mol. The van der Waals surface area contributed by atoms with Crippen molar-refractivity contribution in [2.24, 2.45) is 0 Å². The fourth-order valence-electron chi connectivity index (χ4n) is 2.41. The number of carbonyl (C=O) groups is 1. The minimum Gasteiger partial charge on any atom is -0.504 e. The van der Waals surface area contributed by atoms with Gasteiger partial charge >= 0.3 is 0 Å². The summed E-state index contributed by atoms with van der Waals surface area (Å²) >= 11 is 0. The molecule has 23 heavy (non-hydrogen) atoms. The third-order valence-electron chi connectivity index (χ3n) is 3.55. The molecule has 2 N–H and O–H groups in total. The van der Waals surface area contributed by atoms with E-state index in [1.807, 2.05) is 30.3 Å². The minimum absolute atomic E-state index is 0.0531. The third-order valence-corrected chi connectivity index (χ3v) is 3.55. The van der Waals surface area contributed by atoms with Crippen LogP contribution in [0.1, 0.15) is 27.0 Å². The van der Waals surface area contributed by atoms with Crippen molar-refractivity contribution >= 4 is 5.78 Å². The summed E-state index contributed by atoms with van der Waals surface area (Å²) in [5.74, 6) is 3.78. The largest absolute Gasteiger partial charge is 0.504 e. The van der Waals surface area contributed by atoms with Crippen LogP contribution in [0.3, 0.4) is 0 Å². The Bertz CT molecular complexity index is 806. The van der Waals surface area contributed by atoms with Gasteiger partial charge in [0.1, 0.15) is 0 Å². The molecular weight excluding hydrogens is 288 g/mol. The van der Waals surface area contributed by atoms with E-state index in [-0.39, 0.29) is 36.4 Å². The lowest BCUT2D eigenvalue weighted by Gasteiger charge is -2.13. The first-order valence-electron chi connectivity index (χ1n) is 7.09. The molecule has 0 aliphatic heterocycles. The van der Waals surface area contributed by atoms with Gasteiger partial charge in [-0.1, -0.05) is 30.3 Å². The number of benzene rings is 2. The van der Waals surface area contributed by atoms with Gasteiger partial charge in [0.25, 0.3) is 0 Å². The van der Waals surface area contributed by atoms with Crippen LogP contribution in [0.2, 0.25) is 0 Å². The molecule has 0 bridgehead atoms. The summed E-state index contributed by atoms with van der Waals surface area (Å²) < 4.78 is 0. The second kappa shape index (κ2) is 7.20. The van der Waals surface area contributed by atoms with Gasteiger partial charge in [0.05, 0.1) is 5.56 Å². The van der Waals surface area contributed by atoms with Crippen LogP contribution in [0.25, 0.3) is 0 Å². The molecule has 2 aromatic rings. The zero-order valence-electron chi connectivity index (χ0n) is 12.5. The molecule has 0 heterocycles. The lowest BCUT2D eigenvalue weighted by molar-refractivity contribution is 0.0989. The highest BCUT2D eigenvalue weighted by Crippen LogP contribution is 2.36. The Morgan fingerprint density at radius 3 is 2.26 bits per heavy atom. The van der Waals surface area contributed by atoms with Gasteiger partial charge in [-0.3, -0.25) is 4.79 Å². The second-order valence-corrected chi connectivity index (χ2v) is 5.11. The summed E-state index contributed by atoms with van der Waals surface area (Å²) in [4.78, 5) is 12.4. The normalized spacial score (nSPS) is 9.83. The lowest BCUT2D eigenvalue weighted by atomic mass is 9.93. The van der Waals surface area contributed by atoms with Crippen molar-refractivity contribution in [3.05, 3.63) is 58.7 Å². The van der Waals surface area contributed by atoms with Gasteiger partial charge in [-0.25, -0.2) is 0 Å². The minimum atomic E-state index is -0.447. The summed E-state index contributed by atoms with van der Waals surface area (Å²) in [6.07, 6.45) is 11.1. The van der Waals surface area contributed by atoms with E-state index in [1.54, 1.807) is 0 Å². The zero-order valence-corrected chi connectivity index (χ0v) is 12.5. The van der Waals surface area contributed by atoms with Crippen LogP contribution in [-0.2, 0) is 19.3 Å². The number of hydrogen-bond donors (Lipinski definition) is 2. The topological polar surface area (TPSA) is 57.5 Å². The van der Waals surface area contributed by atoms with Crippen molar-refractivity contribution in [1.82, 2.24) is 0 Å². The Balaban J connectivity index is 2.44. The molecule has 0 unspecified atom stereocenters. The van der Waals surface area contributed by atoms with Crippen LogP contribution in [0.4, 0.5) is 0 Å². The number of ketones is 1. The summed E-state index contributed by atoms with van der Waals surface area (Å²) in [6, 6.07) is 10.7. The number of terminal acetylenes is 2. The molecule has 0 aliphatic carbocycles. The molecule has 2 aromatic carbocycles. The maximum atomic E-state index is 12.4. The van der Waals surface area contributed by atoms with Crippen LogP contribution >= 0.6 is 0 Å². The van der Waals surface area contributed by atoms with Gasteiger partial charge in [-0.05, 0) is 17.2 Å². The maximum absolute atomic E-state index is 12.4. The van der Waals surface area contributed by atoms with Crippen molar-refractivity contribution < 1.29 is 15.0 Å². The van der Waals surface area contributed by atoms with E-state index in [9.17, 15) is 15.0 Å². The third kappa shape index (κ3) is 3.54. The smallest absolute Gasteiger partial charge is 0.171 e. The predicted octanol–water partition coefficient (Wildman–Crippen LogP) is 2.87. The highest BCUT2D eigenvalue weighted by atomic mass is 16.3. The summed E-state index contributed by atoms with van der Waals surface area (Å²) in [7, 11) is 0. The van der Waals surface area contributed by atoms with Crippen molar-refractivity contribution in [2.75, 3.05) is 0 Å². The summed E-state index contributed by atoms with van der Waals surface area (Å²) in [5, 5.41) is 20.3. The van der Waals surface area contributed by atoms with Crippen LogP contribution < -0.4 is 0 Å². The van der Waals surface area contributed by atoms with Crippen molar-refractivity contribution in [3.8, 4) is 36.2 Å². The van der Waals surface area contributed by atoms with Crippen LogP contribution in [-0.4, -0.2) is 16.0 Å². The SMILES string of the molecule is C#CCc1cc(C(=O)Cc2ccccc2)c(O)c(O)c1CC#C. The molecular formula is C20H16O3. The molecule has 0 aliphatic rings. The van der Waals surface area contributed by atoms with Crippen LogP contribution in [0, 0.1) is 24.7 Å². The Labute approximate surface area is 135 Å². The van der Waals surface area contributed by atoms with Crippen molar-refractivity contribution in [3.63, 3.8) is 0 Å². The van der Waals surface area contributed by atoms with E-state index in [4.69, 9.17) is 12.8 Å². The van der Waals surface area contributed by atoms with E-state index in [1.165, 1.54) is 6.07 Å². The fourth-order valence-corrected chi connectivity index (χ4v) is 2.41. The van der Waals surface area contributed by atoms with Gasteiger partial charge in [0.2, 0.25) is 0 Å². The Morgan fingerprint density at radius 1 is 1.00 bits per heavy atom. The Hall–Kier alpha value is -3.17. The van der Waals surface area contributed by atoms with Crippen molar-refractivity contribution in [1.29, 1.82) is 0 Å². The number of phenolic OH excluding ortho intramolecular Hbond substituents is 2. The molecule has 3 nitrogen and oxygen atoms in total. The fraction of sp³-hybridized carbons (Fsp3) is 0.150.